The molecule has 196 valence electrons. The molecule has 12 heteroatoms. The molecule has 11 nitrogen and oxygen atoms in total. The first-order chi connectivity index (χ1) is 17.0. The summed E-state index contributed by atoms with van der Waals surface area (Å²) >= 11 is 0. The zero-order valence-electron chi connectivity index (χ0n) is 21.1. The monoisotopic (exact) mass is 501 g/mol. The second-order valence-corrected chi connectivity index (χ2v) is 8.68. The van der Waals surface area contributed by atoms with E-state index in [1.165, 1.54) is 0 Å². The number of rotatable bonds is 15. The minimum atomic E-state index is -0.932. The molecule has 0 aliphatic heterocycles. The van der Waals surface area contributed by atoms with Gasteiger partial charge in [-0.15, -0.1) is 0 Å². The molecule has 0 saturated heterocycles. The van der Waals surface area contributed by atoms with Crippen LogP contribution < -0.4 is 27.0 Å². The fourth-order valence-electron chi connectivity index (χ4n) is 3.23. The average molecular weight is 501 g/mol. The van der Waals surface area contributed by atoms with Crippen LogP contribution in [0.1, 0.15) is 58.4 Å². The van der Waals surface area contributed by atoms with E-state index in [2.05, 4.69) is 21.3 Å². The van der Waals surface area contributed by atoms with Gasteiger partial charge in [0.25, 0.3) is 0 Å². The van der Waals surface area contributed by atoms with Crippen LogP contribution in [-0.2, 0) is 25.7 Å². The molecular formula is C24H36BN5O6. The molecule has 2 atom stereocenters. The molecule has 0 fully saturated rings. The van der Waals surface area contributed by atoms with Crippen LogP contribution in [0, 0.1) is 5.92 Å². The first-order valence-corrected chi connectivity index (χ1v) is 12.0. The molecule has 0 heterocycles. The number of nitrogens with two attached hydrogens (primary N) is 1. The van der Waals surface area contributed by atoms with Gasteiger partial charge < -0.3 is 31.7 Å². The van der Waals surface area contributed by atoms with Crippen LogP contribution in [0.4, 0.5) is 15.3 Å². The Kier molecular flexibility index (Phi) is 13.7. The Hall–Kier alpha value is -3.57. The summed E-state index contributed by atoms with van der Waals surface area (Å²) in [5.74, 6) is -2.26. The number of carbonyl (C=O) groups excluding carboxylic acids is 5. The van der Waals surface area contributed by atoms with E-state index >= 15 is 0 Å². The molecule has 1 aromatic rings. The summed E-state index contributed by atoms with van der Waals surface area (Å²) in [6, 6.07) is 4.13. The first kappa shape index (κ1) is 30.5. The van der Waals surface area contributed by atoms with E-state index in [0.717, 1.165) is 6.42 Å². The summed E-state index contributed by atoms with van der Waals surface area (Å²) < 4.78 is 4.73. The molecule has 1 unspecified atom stereocenters. The van der Waals surface area contributed by atoms with Gasteiger partial charge in [-0.3, -0.25) is 19.2 Å². The van der Waals surface area contributed by atoms with Crippen molar-refractivity contribution in [1.82, 2.24) is 16.0 Å². The maximum Gasteiger partial charge on any atom is 0.312 e. The summed E-state index contributed by atoms with van der Waals surface area (Å²) in [7, 11) is 4.96. The Morgan fingerprint density at radius 3 is 2.22 bits per heavy atom. The third kappa shape index (κ3) is 12.2. The standard InChI is InChI=1S/C24H36BN5O6/c1-4-5-8-19(31)30-20(15(2)3)22(33)29-18(7-6-13-27-24(26)35)21(32)28-17-11-9-16(10-12-17)14-36-23(25)34/h9-12,15,18,20H,4-8,13-14H2,1-3H3,(H,28,32)(H,29,33)(H,30,31)(H3,26,27,35)/t18-,20?/m0/s1. The van der Waals surface area contributed by atoms with E-state index in [-0.39, 0.29) is 31.4 Å². The number of hydrogen-bond donors (Lipinski definition) is 5. The number of amides is 5. The normalized spacial score (nSPS) is 12.2. The van der Waals surface area contributed by atoms with E-state index < -0.39 is 35.8 Å². The van der Waals surface area contributed by atoms with E-state index in [1.54, 1.807) is 38.1 Å². The number of urea groups is 1. The third-order valence-corrected chi connectivity index (χ3v) is 5.23. The quantitative estimate of drug-likeness (QED) is 0.181. The largest absolute Gasteiger partial charge is 0.470 e. The third-order valence-electron chi connectivity index (χ3n) is 5.23. The van der Waals surface area contributed by atoms with E-state index in [0.29, 0.717) is 30.5 Å². The molecule has 36 heavy (non-hydrogen) atoms. The number of anilines is 1. The van der Waals surface area contributed by atoms with Crippen LogP contribution in [0.5, 0.6) is 0 Å². The molecule has 2 radical (unpaired) electrons. The fourth-order valence-corrected chi connectivity index (χ4v) is 3.23. The summed E-state index contributed by atoms with van der Waals surface area (Å²) in [4.78, 5) is 59.9. The Labute approximate surface area is 213 Å². The zero-order chi connectivity index (χ0) is 27.1. The maximum atomic E-state index is 13.0. The second kappa shape index (κ2) is 16.2. The molecule has 5 amide bonds. The van der Waals surface area contributed by atoms with Gasteiger partial charge in [-0.2, -0.15) is 0 Å². The van der Waals surface area contributed by atoms with Gasteiger partial charge in [0.15, 0.2) is 0 Å². The van der Waals surface area contributed by atoms with Crippen LogP contribution in [0.3, 0.4) is 0 Å². The Morgan fingerprint density at radius 2 is 1.67 bits per heavy atom. The van der Waals surface area contributed by atoms with Crippen molar-refractivity contribution in [2.24, 2.45) is 11.7 Å². The molecule has 0 saturated carbocycles. The Bertz CT molecular complexity index is 893. The highest BCUT2D eigenvalue weighted by atomic mass is 16.5. The van der Waals surface area contributed by atoms with E-state index in [1.807, 2.05) is 6.92 Å². The lowest BCUT2D eigenvalue weighted by atomic mass is 10.0. The number of ether oxygens (including phenoxy) is 1. The van der Waals surface area contributed by atoms with Crippen molar-refractivity contribution in [1.29, 1.82) is 0 Å². The van der Waals surface area contributed by atoms with Crippen molar-refractivity contribution in [3.8, 4) is 0 Å². The van der Waals surface area contributed by atoms with Crippen molar-refractivity contribution in [3.63, 3.8) is 0 Å². The lowest BCUT2D eigenvalue weighted by Gasteiger charge is -2.25. The van der Waals surface area contributed by atoms with Crippen molar-refractivity contribution in [3.05, 3.63) is 29.8 Å². The molecule has 6 N–H and O–H groups in total. The number of primary amides is 1. The Balaban J connectivity index is 2.89. The SMILES string of the molecule is [B]C(=O)OCc1ccc(NC(=O)[C@H](CCCNC(N)=O)NC(=O)C(NC(=O)CCCC)C(C)C)cc1. The number of nitrogens with one attached hydrogen (secondary N) is 4. The minimum Gasteiger partial charge on any atom is -0.470 e. The summed E-state index contributed by atoms with van der Waals surface area (Å²) in [5.41, 5.74) is 6.22. The molecule has 0 spiro atoms. The van der Waals surface area contributed by atoms with Crippen LogP contribution in [0.15, 0.2) is 24.3 Å². The fraction of sp³-hybridized carbons (Fsp3) is 0.542. The van der Waals surface area contributed by atoms with Crippen molar-refractivity contribution in [2.75, 3.05) is 11.9 Å². The molecule has 0 aromatic heterocycles. The van der Waals surface area contributed by atoms with Gasteiger partial charge in [0.1, 0.15) is 18.7 Å². The zero-order valence-corrected chi connectivity index (χ0v) is 21.1. The van der Waals surface area contributed by atoms with Crippen LogP contribution in [0.2, 0.25) is 0 Å². The van der Waals surface area contributed by atoms with Crippen LogP contribution >= 0.6 is 0 Å². The highest BCUT2D eigenvalue weighted by molar-refractivity contribution is 6.55. The Morgan fingerprint density at radius 1 is 1.00 bits per heavy atom. The number of unbranched alkanes of at least 4 members (excludes halogenated alkanes) is 1. The summed E-state index contributed by atoms with van der Waals surface area (Å²) in [6.45, 7) is 5.80. The maximum absolute atomic E-state index is 13.0. The summed E-state index contributed by atoms with van der Waals surface area (Å²) in [5, 5.41) is 10.7. The van der Waals surface area contributed by atoms with Crippen LogP contribution in [-0.4, -0.2) is 56.1 Å². The van der Waals surface area contributed by atoms with Gasteiger partial charge in [-0.05, 0) is 42.9 Å². The number of hydrogen-bond acceptors (Lipinski definition) is 6. The van der Waals surface area contributed by atoms with Gasteiger partial charge in [-0.25, -0.2) is 4.79 Å². The highest BCUT2D eigenvalue weighted by Crippen LogP contribution is 2.13. The van der Waals surface area contributed by atoms with Gasteiger partial charge in [-0.1, -0.05) is 39.3 Å². The average Bonchev–Trinajstić information content (AvgIpc) is 2.81. The lowest BCUT2D eigenvalue weighted by Crippen LogP contribution is -2.54. The minimum absolute atomic E-state index is 0.00429. The van der Waals surface area contributed by atoms with Gasteiger partial charge in [0, 0.05) is 18.7 Å². The van der Waals surface area contributed by atoms with Crippen molar-refractivity contribution < 1.29 is 28.7 Å². The van der Waals surface area contributed by atoms with E-state index in [9.17, 15) is 24.0 Å². The lowest BCUT2D eigenvalue weighted by molar-refractivity contribution is -0.132. The molecular weight excluding hydrogens is 465 g/mol. The van der Waals surface area contributed by atoms with Crippen LogP contribution in [0.25, 0.3) is 0 Å². The predicted molar refractivity (Wildman–Crippen MR) is 136 cm³/mol. The molecule has 1 rings (SSSR count). The second-order valence-electron chi connectivity index (χ2n) is 8.68. The smallest absolute Gasteiger partial charge is 0.312 e. The highest BCUT2D eigenvalue weighted by Gasteiger charge is 2.28. The van der Waals surface area contributed by atoms with Gasteiger partial charge >= 0.3 is 6.03 Å². The van der Waals surface area contributed by atoms with Gasteiger partial charge in [0.05, 0.1) is 0 Å². The van der Waals surface area contributed by atoms with Gasteiger partial charge in [0.2, 0.25) is 31.4 Å². The molecule has 0 aliphatic rings. The molecule has 1 aromatic carbocycles. The summed E-state index contributed by atoms with van der Waals surface area (Å²) in [6.07, 6.45) is 2.48. The first-order valence-electron chi connectivity index (χ1n) is 12.0. The van der Waals surface area contributed by atoms with Crippen molar-refractivity contribution in [2.45, 2.75) is 71.6 Å². The topological polar surface area (TPSA) is 169 Å². The van der Waals surface area contributed by atoms with Crippen molar-refractivity contribution >= 4 is 43.2 Å². The predicted octanol–water partition coefficient (Wildman–Crippen LogP) is 1.69. The number of benzene rings is 1. The number of carbonyl (C=O) groups is 5. The van der Waals surface area contributed by atoms with E-state index in [4.69, 9.17) is 18.3 Å². The molecule has 0 bridgehead atoms. The molecule has 0 aliphatic carbocycles.